The lowest BCUT2D eigenvalue weighted by atomic mass is 9.57. The van der Waals surface area contributed by atoms with Crippen LogP contribution >= 0.6 is 0 Å². The highest BCUT2D eigenvalue weighted by atomic mass is 16.5. The van der Waals surface area contributed by atoms with E-state index in [-0.39, 0.29) is 0 Å². The fraction of sp³-hybridized carbons (Fsp3) is 0.124. The summed E-state index contributed by atoms with van der Waals surface area (Å²) in [6.45, 7) is 8.68. The summed E-state index contributed by atoms with van der Waals surface area (Å²) in [6, 6.07) is 168. The average molecular weight is 1810 g/mol. The standard InChI is InChI=1S/C137H100O4/c1-5-9-77-138-121-73-49-93-85-117(53-45-97(93)89-121)134(125-37-21-13-29-101(125)81-102-30-14-22-38-126(102)134)113-65-57-109(58-66-113)133(110-59-67-114(68-60-110)135(127-39-23-15-31-103(127)82-104-32-16-24-40-128(104)135)118-54-46-98-90-122(139-78-10-6-2)74-50-94(98)86-118,111-61-69-115(70-62-111)136(129-41-25-17-33-105(129)83-106-34-18-26-42-130(106)136)119-55-47-99-91-123(140-79-11-7-3)75-51-95(99)87-119)112-63-71-116(72-64-112)137(131-43-27-19-35-107(131)84-108-36-20-28-44-132(108)137)120-56-48-100-92-124(141-80-12-8-4)76-52-96(100)88-120/h13-76,85-92H,77-84H2,1-4H3. The van der Waals surface area contributed by atoms with E-state index in [2.05, 4.69) is 484 Å². The van der Waals surface area contributed by atoms with Gasteiger partial charge in [0, 0.05) is 0 Å². The zero-order chi connectivity index (χ0) is 94.6. The van der Waals surface area contributed by atoms with Crippen LogP contribution in [0, 0.1) is 47.4 Å². The summed E-state index contributed by atoms with van der Waals surface area (Å²) < 4.78 is 25.0. The molecule has 0 unspecified atom stereocenters. The molecule has 0 bridgehead atoms. The van der Waals surface area contributed by atoms with E-state index in [1.54, 1.807) is 0 Å². The van der Waals surface area contributed by atoms with E-state index in [1.165, 1.54) is 111 Å². The molecule has 20 aromatic carbocycles. The van der Waals surface area contributed by atoms with E-state index in [0.717, 1.165) is 136 Å². The summed E-state index contributed by atoms with van der Waals surface area (Å²) in [5, 5.41) is 8.84. The fourth-order valence-corrected chi connectivity index (χ4v) is 24.7. The van der Waals surface area contributed by atoms with Crippen molar-refractivity contribution in [3.63, 3.8) is 0 Å². The molecule has 141 heavy (non-hydrogen) atoms. The number of benzene rings is 20. The topological polar surface area (TPSA) is 36.9 Å². The number of rotatable bonds is 20. The minimum atomic E-state index is -1.11. The van der Waals surface area contributed by atoms with Crippen LogP contribution in [-0.2, 0) is 52.8 Å². The third-order valence-corrected chi connectivity index (χ3v) is 30.8. The van der Waals surface area contributed by atoms with Gasteiger partial charge in [0.2, 0.25) is 0 Å². The molecular formula is C137H100O4. The van der Waals surface area contributed by atoms with Gasteiger partial charge in [0.05, 0.1) is 27.1 Å². The van der Waals surface area contributed by atoms with Gasteiger partial charge < -0.3 is 18.9 Å². The van der Waals surface area contributed by atoms with Gasteiger partial charge in [0.15, 0.2) is 0 Å². The van der Waals surface area contributed by atoms with Gasteiger partial charge in [-0.2, -0.15) is 0 Å². The second-order valence-corrected chi connectivity index (χ2v) is 37.8. The highest BCUT2D eigenvalue weighted by Crippen LogP contribution is 2.60. The van der Waals surface area contributed by atoms with Gasteiger partial charge in [0.25, 0.3) is 0 Å². The van der Waals surface area contributed by atoms with E-state index >= 15 is 0 Å². The molecule has 0 atom stereocenters. The molecule has 4 aliphatic rings. The van der Waals surface area contributed by atoms with Crippen LogP contribution < -0.4 is 18.9 Å². The second kappa shape index (κ2) is 36.1. The first-order chi connectivity index (χ1) is 69.6. The molecule has 0 saturated heterocycles. The van der Waals surface area contributed by atoms with Crippen molar-refractivity contribution in [1.29, 1.82) is 0 Å². The minimum Gasteiger partial charge on any atom is -0.481 e. The average Bonchev–Trinajstić information content (AvgIpc) is 0.697. The molecule has 0 amide bonds. The third-order valence-electron chi connectivity index (χ3n) is 30.8. The zero-order valence-corrected chi connectivity index (χ0v) is 79.4. The summed E-state index contributed by atoms with van der Waals surface area (Å²) >= 11 is 0. The SMILES string of the molecule is CC#CCOc1ccc2cc(C3(c4ccc(C(c5ccc(C6(c7ccc8cc(OCC#CC)ccc8c7)c7ccccc7Cc7ccccc76)cc5)(c5ccc(C6(c7ccc8cc(OCC#CC)ccc8c7)c7ccccc7Cc7ccccc76)cc5)c5ccc(C6(c7ccc8cc(OCC#CC)ccc8c7)c7ccccc7Cc7ccccc76)cc5)cc4)c4ccccc4Cc4ccccc43)ccc2c1. The molecule has 672 valence electrons. The molecule has 4 aliphatic carbocycles. The van der Waals surface area contributed by atoms with Crippen LogP contribution in [0.1, 0.15) is 183 Å². The first kappa shape index (κ1) is 86.7. The van der Waals surface area contributed by atoms with Crippen LogP contribution in [0.15, 0.2) is 437 Å². The maximum Gasteiger partial charge on any atom is 0.149 e. The molecule has 0 radical (unpaired) electrons. The van der Waals surface area contributed by atoms with Gasteiger partial charge in [-0.15, -0.1) is 23.7 Å². The van der Waals surface area contributed by atoms with Gasteiger partial charge in [0.1, 0.15) is 49.4 Å². The van der Waals surface area contributed by atoms with Gasteiger partial charge in [-0.3, -0.25) is 0 Å². The van der Waals surface area contributed by atoms with Crippen molar-refractivity contribution in [2.24, 2.45) is 0 Å². The van der Waals surface area contributed by atoms with Crippen LogP contribution in [0.4, 0.5) is 0 Å². The molecule has 24 rings (SSSR count). The largest absolute Gasteiger partial charge is 0.481 e. The highest BCUT2D eigenvalue weighted by Gasteiger charge is 2.51. The lowest BCUT2D eigenvalue weighted by Gasteiger charge is -2.44. The molecule has 4 heteroatoms. The van der Waals surface area contributed by atoms with Crippen LogP contribution in [0.25, 0.3) is 43.1 Å². The fourth-order valence-electron chi connectivity index (χ4n) is 24.7. The Balaban J connectivity index is 0.790. The van der Waals surface area contributed by atoms with Gasteiger partial charge >= 0.3 is 0 Å². The maximum atomic E-state index is 6.25. The van der Waals surface area contributed by atoms with Crippen molar-refractivity contribution < 1.29 is 18.9 Å². The number of fused-ring (bicyclic) bond motifs is 12. The van der Waals surface area contributed by atoms with Gasteiger partial charge in [-0.05, 0) is 325 Å². The van der Waals surface area contributed by atoms with Crippen molar-refractivity contribution in [2.45, 2.75) is 80.5 Å². The summed E-state index contributed by atoms with van der Waals surface area (Å²) in [5.74, 6) is 27.6. The molecule has 0 saturated carbocycles. The first-order valence-electron chi connectivity index (χ1n) is 49.0. The molecule has 4 nitrogen and oxygen atoms in total. The maximum absolute atomic E-state index is 6.25. The summed E-state index contributed by atoms with van der Waals surface area (Å²) in [5.41, 5.74) is 29.8. The van der Waals surface area contributed by atoms with E-state index in [9.17, 15) is 0 Å². The van der Waals surface area contributed by atoms with E-state index in [4.69, 9.17) is 18.9 Å². The quantitative estimate of drug-likeness (QED) is 0.0563. The van der Waals surface area contributed by atoms with Crippen LogP contribution in [0.5, 0.6) is 23.0 Å². The Morgan fingerprint density at radius 2 is 0.348 bits per heavy atom. The summed E-state index contributed by atoms with van der Waals surface area (Å²) in [6.07, 6.45) is 3.20. The van der Waals surface area contributed by atoms with Gasteiger partial charge in [-0.1, -0.05) is 388 Å². The number of ether oxygens (including phenoxy) is 4. The van der Waals surface area contributed by atoms with Crippen molar-refractivity contribution in [3.8, 4) is 70.4 Å². The Bertz CT molecular complexity index is 7440. The Hall–Kier alpha value is -17.1. The van der Waals surface area contributed by atoms with Crippen molar-refractivity contribution >= 4 is 43.1 Å². The molecule has 0 aliphatic heterocycles. The highest BCUT2D eigenvalue weighted by molar-refractivity contribution is 5.91. The van der Waals surface area contributed by atoms with Crippen LogP contribution in [0.3, 0.4) is 0 Å². The van der Waals surface area contributed by atoms with Crippen molar-refractivity contribution in [2.75, 3.05) is 26.4 Å². The molecule has 0 aromatic heterocycles. The Morgan fingerprint density at radius 1 is 0.184 bits per heavy atom. The van der Waals surface area contributed by atoms with Gasteiger partial charge in [-0.25, -0.2) is 0 Å². The molecule has 20 aromatic rings. The van der Waals surface area contributed by atoms with Crippen LogP contribution in [0.2, 0.25) is 0 Å². The molecule has 0 spiro atoms. The molecule has 0 N–H and O–H groups in total. The predicted molar refractivity (Wildman–Crippen MR) is 575 cm³/mol. The normalized spacial score (nSPS) is 13.8. The molecular weight excluding hydrogens is 1710 g/mol. The molecule has 0 fully saturated rings. The Kier molecular flexibility index (Phi) is 22.2. The second-order valence-electron chi connectivity index (χ2n) is 37.8. The Morgan fingerprint density at radius 3 is 0.532 bits per heavy atom. The lowest BCUT2D eigenvalue weighted by molar-refractivity contribution is 0.370. The monoisotopic (exact) mass is 1810 g/mol. The smallest absolute Gasteiger partial charge is 0.149 e. The number of hydrogen-bond acceptors (Lipinski definition) is 4. The van der Waals surface area contributed by atoms with Crippen molar-refractivity contribution in [3.05, 3.63) is 593 Å². The van der Waals surface area contributed by atoms with E-state index in [0.29, 0.717) is 26.4 Å². The zero-order valence-electron chi connectivity index (χ0n) is 79.4. The summed E-state index contributed by atoms with van der Waals surface area (Å²) in [7, 11) is 0. The lowest BCUT2D eigenvalue weighted by Crippen LogP contribution is -2.38. The predicted octanol–water partition coefficient (Wildman–Crippen LogP) is 29.4. The third kappa shape index (κ3) is 14.3. The first-order valence-corrected chi connectivity index (χ1v) is 49.0. The Labute approximate surface area is 826 Å². The summed E-state index contributed by atoms with van der Waals surface area (Å²) in [4.78, 5) is 0. The van der Waals surface area contributed by atoms with E-state index < -0.39 is 27.1 Å². The van der Waals surface area contributed by atoms with Crippen molar-refractivity contribution in [1.82, 2.24) is 0 Å². The van der Waals surface area contributed by atoms with Crippen LogP contribution in [-0.4, -0.2) is 26.4 Å². The molecule has 0 heterocycles. The minimum absolute atomic E-state index is 0.317. The van der Waals surface area contributed by atoms with E-state index in [1.807, 2.05) is 27.7 Å². The number of hydrogen-bond donors (Lipinski definition) is 0.